The molecule has 322 valence electrons. The van der Waals surface area contributed by atoms with Crippen molar-refractivity contribution in [2.24, 2.45) is 5.92 Å². The van der Waals surface area contributed by atoms with Gasteiger partial charge in [0.15, 0.2) is 17.4 Å². The maximum absolute atomic E-state index is 14.1. The average molecular weight is 851 g/mol. The topological polar surface area (TPSA) is 180 Å². The molecule has 15 nitrogen and oxygen atoms in total. The number of nitrogens with zero attached hydrogens (tertiary/aromatic N) is 5. The first kappa shape index (κ1) is 42.5. The van der Waals surface area contributed by atoms with Crippen molar-refractivity contribution in [2.75, 3.05) is 31.0 Å². The third kappa shape index (κ3) is 8.54. The highest BCUT2D eigenvalue weighted by atomic mass is 16.6. The minimum Gasteiger partial charge on any atom is -0.497 e. The van der Waals surface area contributed by atoms with Crippen molar-refractivity contribution >= 4 is 40.5 Å². The summed E-state index contributed by atoms with van der Waals surface area (Å²) in [4.78, 5) is 41.9. The smallest absolute Gasteiger partial charge is 0.425 e. The minimum absolute atomic E-state index is 0.0269. The van der Waals surface area contributed by atoms with E-state index in [-0.39, 0.29) is 29.6 Å². The average Bonchev–Trinajstić information content (AvgIpc) is 3.87. The van der Waals surface area contributed by atoms with Gasteiger partial charge in [-0.05, 0) is 65.2 Å². The molecule has 0 bridgehead atoms. The minimum atomic E-state index is -1.51. The molecular formula is C48H46N6O9. The molecule has 1 aliphatic rings. The molecule has 4 atom stereocenters. The van der Waals surface area contributed by atoms with Crippen LogP contribution < -0.4 is 24.4 Å². The van der Waals surface area contributed by atoms with Crippen molar-refractivity contribution in [3.8, 4) is 17.4 Å². The van der Waals surface area contributed by atoms with Gasteiger partial charge in [-0.1, -0.05) is 105 Å². The lowest BCUT2D eigenvalue weighted by atomic mass is 9.80. The van der Waals surface area contributed by atoms with Crippen LogP contribution in [0.2, 0.25) is 0 Å². The molecule has 1 fully saturated rings. The molecule has 3 heterocycles. The summed E-state index contributed by atoms with van der Waals surface area (Å²) < 4.78 is 31.8. The first-order valence-electron chi connectivity index (χ1n) is 20.3. The van der Waals surface area contributed by atoms with E-state index in [1.165, 1.54) is 15.8 Å². The fourth-order valence-electron chi connectivity index (χ4n) is 7.48. The molecule has 15 heteroatoms. The number of benzene rings is 5. The molecule has 8 rings (SSSR count). The van der Waals surface area contributed by atoms with E-state index in [1.54, 1.807) is 76.6 Å². The summed E-state index contributed by atoms with van der Waals surface area (Å²) in [6.45, 7) is 3.22. The predicted octanol–water partition coefficient (Wildman–Crippen LogP) is 7.40. The fourth-order valence-corrected chi connectivity index (χ4v) is 7.48. The largest absolute Gasteiger partial charge is 0.497 e. The summed E-state index contributed by atoms with van der Waals surface area (Å²) in [6.07, 6.45) is -4.77. The molecule has 0 saturated carbocycles. The molecule has 0 radical (unpaired) electrons. The summed E-state index contributed by atoms with van der Waals surface area (Å²) in [5, 5.41) is 26.0. The molecular weight excluding hydrogens is 805 g/mol. The van der Waals surface area contributed by atoms with Crippen LogP contribution in [0.25, 0.3) is 11.2 Å². The maximum atomic E-state index is 14.1. The SMILES string of the molecule is COc1ccc(C(OC[C@H]2O[C@@H](n3cnc4c(OC(=O)N(c5ccccc5)c5ccccc5)nc(NC(=O)C(C)C)nc43)[C@H](O)[C@@H]2O)(c2ccccc2)c2ccc(OC)cc2)cc1. The molecule has 1 aliphatic heterocycles. The molecule has 0 aliphatic carbocycles. The molecule has 7 aromatic rings. The van der Waals surface area contributed by atoms with Gasteiger partial charge in [0.1, 0.15) is 35.4 Å². The molecule has 63 heavy (non-hydrogen) atoms. The quantitative estimate of drug-likeness (QED) is 0.0925. The van der Waals surface area contributed by atoms with E-state index in [0.717, 1.165) is 16.7 Å². The Morgan fingerprint density at radius 1 is 0.746 bits per heavy atom. The van der Waals surface area contributed by atoms with E-state index in [2.05, 4.69) is 20.3 Å². The van der Waals surface area contributed by atoms with E-state index < -0.39 is 48.1 Å². The highest BCUT2D eigenvalue weighted by Crippen LogP contribution is 2.43. The van der Waals surface area contributed by atoms with Crippen LogP contribution in [0.15, 0.2) is 146 Å². The Bertz CT molecular complexity index is 2560. The van der Waals surface area contributed by atoms with Gasteiger partial charge < -0.3 is 33.9 Å². The van der Waals surface area contributed by atoms with Crippen molar-refractivity contribution < 1.29 is 43.5 Å². The van der Waals surface area contributed by atoms with Gasteiger partial charge in [0, 0.05) is 5.92 Å². The second kappa shape index (κ2) is 18.4. The molecule has 0 spiro atoms. The molecule has 1 saturated heterocycles. The van der Waals surface area contributed by atoms with Gasteiger partial charge in [0.25, 0.3) is 5.88 Å². The van der Waals surface area contributed by atoms with Crippen LogP contribution in [0.1, 0.15) is 36.8 Å². The van der Waals surface area contributed by atoms with Gasteiger partial charge in [0.05, 0.1) is 38.5 Å². The normalized spacial score (nSPS) is 17.4. The standard InChI is InChI=1S/C48H46N6O9/c1-30(2)43(57)51-46-50-42-39(44(52-46)63-47(58)54(34-16-10-6-11-17-34)35-18-12-7-13-19-35)49-29-53(42)45-41(56)40(55)38(62-45)28-61-48(31-14-8-5-9-15-31,32-20-24-36(59-3)25-21-32)33-22-26-37(60-4)27-23-33/h5-27,29-30,38,40-41,45,55-56H,28H2,1-4H3,(H,50,51,52,57)/t38-,40-,41-,45-/m1/s1. The lowest BCUT2D eigenvalue weighted by Crippen LogP contribution is -2.39. The number of aliphatic hydroxyl groups excluding tert-OH is 2. The zero-order chi connectivity index (χ0) is 44.1. The Kier molecular flexibility index (Phi) is 12.4. The van der Waals surface area contributed by atoms with Crippen LogP contribution in [0, 0.1) is 5.92 Å². The third-order valence-electron chi connectivity index (χ3n) is 10.8. The number of rotatable bonds is 14. The van der Waals surface area contributed by atoms with E-state index in [0.29, 0.717) is 22.9 Å². The van der Waals surface area contributed by atoms with Crippen molar-refractivity contribution in [2.45, 2.75) is 44.0 Å². The Morgan fingerprint density at radius 2 is 1.27 bits per heavy atom. The number of para-hydroxylation sites is 2. The molecule has 0 unspecified atom stereocenters. The highest BCUT2D eigenvalue weighted by Gasteiger charge is 2.47. The maximum Gasteiger partial charge on any atom is 0.425 e. The molecule has 2 amide bonds. The zero-order valence-electron chi connectivity index (χ0n) is 34.9. The molecule has 2 aromatic heterocycles. The van der Waals surface area contributed by atoms with Crippen molar-refractivity contribution in [3.05, 3.63) is 163 Å². The van der Waals surface area contributed by atoms with Crippen LogP contribution in [-0.4, -0.2) is 80.9 Å². The number of hydrogen-bond acceptors (Lipinski definition) is 12. The lowest BCUT2D eigenvalue weighted by Gasteiger charge is -2.37. The Labute approximate surface area is 363 Å². The summed E-state index contributed by atoms with van der Waals surface area (Å²) >= 11 is 0. The van der Waals surface area contributed by atoms with E-state index in [9.17, 15) is 19.8 Å². The number of hydrogen-bond donors (Lipinski definition) is 3. The number of carbonyl (C=O) groups excluding carboxylic acids is 2. The second-order valence-corrected chi connectivity index (χ2v) is 15.1. The second-order valence-electron chi connectivity index (χ2n) is 15.1. The number of aromatic nitrogens is 4. The van der Waals surface area contributed by atoms with Crippen LogP contribution in [0.3, 0.4) is 0 Å². The van der Waals surface area contributed by atoms with Crippen LogP contribution in [0.5, 0.6) is 17.4 Å². The summed E-state index contributed by atoms with van der Waals surface area (Å²) in [5.41, 5.74) is 2.20. The van der Waals surface area contributed by atoms with Crippen molar-refractivity contribution in [1.82, 2.24) is 19.5 Å². The van der Waals surface area contributed by atoms with Crippen LogP contribution in [0.4, 0.5) is 22.1 Å². The summed E-state index contributed by atoms with van der Waals surface area (Å²) in [6, 6.07) is 42.5. The number of amides is 2. The molecule has 5 aromatic carbocycles. The van der Waals surface area contributed by atoms with Crippen LogP contribution in [-0.2, 0) is 19.9 Å². The summed E-state index contributed by atoms with van der Waals surface area (Å²) in [5.74, 6) is 0.0224. The van der Waals surface area contributed by atoms with E-state index in [4.69, 9.17) is 23.7 Å². The third-order valence-corrected chi connectivity index (χ3v) is 10.8. The number of fused-ring (bicyclic) bond motifs is 1. The van der Waals surface area contributed by atoms with Crippen LogP contribution >= 0.6 is 0 Å². The first-order valence-corrected chi connectivity index (χ1v) is 20.3. The Balaban J connectivity index is 1.15. The first-order chi connectivity index (χ1) is 30.6. The Morgan fingerprint density at radius 3 is 1.79 bits per heavy atom. The Hall–Kier alpha value is -7.17. The number of anilines is 3. The summed E-state index contributed by atoms with van der Waals surface area (Å²) in [7, 11) is 3.19. The van der Waals surface area contributed by atoms with E-state index >= 15 is 0 Å². The number of methoxy groups -OCH3 is 2. The number of carbonyl (C=O) groups is 2. The molecule has 3 N–H and O–H groups in total. The number of aliphatic hydroxyl groups is 2. The van der Waals surface area contributed by atoms with Gasteiger partial charge in [-0.2, -0.15) is 9.97 Å². The van der Waals surface area contributed by atoms with Gasteiger partial charge in [-0.15, -0.1) is 0 Å². The van der Waals surface area contributed by atoms with Crippen molar-refractivity contribution in [1.29, 1.82) is 0 Å². The fraction of sp³-hybridized carbons (Fsp3) is 0.229. The zero-order valence-corrected chi connectivity index (χ0v) is 34.9. The monoisotopic (exact) mass is 850 g/mol. The number of imidazole rings is 1. The van der Waals surface area contributed by atoms with Gasteiger partial charge >= 0.3 is 6.09 Å². The van der Waals surface area contributed by atoms with Gasteiger partial charge in [-0.25, -0.2) is 14.7 Å². The van der Waals surface area contributed by atoms with Crippen molar-refractivity contribution in [3.63, 3.8) is 0 Å². The predicted molar refractivity (Wildman–Crippen MR) is 234 cm³/mol. The number of ether oxygens (including phenoxy) is 5. The lowest BCUT2D eigenvalue weighted by molar-refractivity contribution is -0.118. The number of nitrogens with one attached hydrogen (secondary N) is 1. The van der Waals surface area contributed by atoms with Gasteiger partial charge in [-0.3, -0.25) is 14.7 Å². The van der Waals surface area contributed by atoms with E-state index in [1.807, 2.05) is 91.0 Å². The van der Waals surface area contributed by atoms with Gasteiger partial charge in [0.2, 0.25) is 11.9 Å². The highest BCUT2D eigenvalue weighted by molar-refractivity contribution is 5.98.